The summed E-state index contributed by atoms with van der Waals surface area (Å²) in [4.78, 5) is 7.25. The number of rotatable bonds is 3. The standard InChI is InChI=1S/C20H22N4O/c25-18-8-16-6-7-17(9-18)23(16)12-14-10-21-20-19(11-22-24(20)13-14)15-4-2-1-3-5-15/h1-5,10-11,13,16-18,25H,6-9,12H2/t16-,17+,18?. The molecule has 2 aromatic heterocycles. The topological polar surface area (TPSA) is 53.7 Å². The van der Waals surface area contributed by atoms with Gasteiger partial charge in [-0.3, -0.25) is 4.90 Å². The number of fused-ring (bicyclic) bond motifs is 3. The molecule has 2 aliphatic heterocycles. The number of aliphatic hydroxyl groups excluding tert-OH is 1. The first-order valence-electron chi connectivity index (χ1n) is 9.09. The maximum Gasteiger partial charge on any atom is 0.162 e. The van der Waals surface area contributed by atoms with Gasteiger partial charge in [0.05, 0.1) is 12.3 Å². The molecule has 5 nitrogen and oxygen atoms in total. The average Bonchev–Trinajstić information content (AvgIpc) is 3.14. The maximum absolute atomic E-state index is 9.97. The molecular formula is C20H22N4O. The Bertz CT molecular complexity index is 877. The third-order valence-corrected chi connectivity index (χ3v) is 5.72. The van der Waals surface area contributed by atoms with E-state index in [-0.39, 0.29) is 6.10 Å². The third-order valence-electron chi connectivity index (χ3n) is 5.72. The van der Waals surface area contributed by atoms with Crippen molar-refractivity contribution in [2.75, 3.05) is 0 Å². The minimum atomic E-state index is -0.117. The van der Waals surface area contributed by atoms with Crippen LogP contribution in [0, 0.1) is 0 Å². The Morgan fingerprint density at radius 1 is 1.04 bits per heavy atom. The van der Waals surface area contributed by atoms with Gasteiger partial charge in [-0.15, -0.1) is 0 Å². The van der Waals surface area contributed by atoms with Crippen LogP contribution in [-0.2, 0) is 6.54 Å². The fourth-order valence-electron chi connectivity index (χ4n) is 4.53. The number of piperidine rings is 1. The lowest BCUT2D eigenvalue weighted by Gasteiger charge is -2.37. The van der Waals surface area contributed by atoms with Gasteiger partial charge in [0.2, 0.25) is 0 Å². The van der Waals surface area contributed by atoms with Crippen LogP contribution in [0.2, 0.25) is 0 Å². The van der Waals surface area contributed by atoms with Crippen molar-refractivity contribution in [3.63, 3.8) is 0 Å². The van der Waals surface area contributed by atoms with Crippen molar-refractivity contribution in [3.8, 4) is 11.1 Å². The van der Waals surface area contributed by atoms with Crippen LogP contribution in [0.15, 0.2) is 48.9 Å². The molecule has 2 saturated heterocycles. The zero-order valence-electron chi connectivity index (χ0n) is 14.1. The van der Waals surface area contributed by atoms with Crippen molar-refractivity contribution < 1.29 is 5.11 Å². The molecule has 1 aromatic carbocycles. The van der Waals surface area contributed by atoms with Gasteiger partial charge in [-0.25, -0.2) is 9.50 Å². The average molecular weight is 334 g/mol. The highest BCUT2D eigenvalue weighted by atomic mass is 16.3. The minimum absolute atomic E-state index is 0.117. The molecular weight excluding hydrogens is 312 g/mol. The van der Waals surface area contributed by atoms with E-state index in [4.69, 9.17) is 4.98 Å². The molecule has 5 rings (SSSR count). The van der Waals surface area contributed by atoms with Gasteiger partial charge in [-0.05, 0) is 31.2 Å². The van der Waals surface area contributed by atoms with E-state index < -0.39 is 0 Å². The van der Waals surface area contributed by atoms with Crippen molar-refractivity contribution in [3.05, 3.63) is 54.5 Å². The Morgan fingerprint density at radius 3 is 2.56 bits per heavy atom. The summed E-state index contributed by atoms with van der Waals surface area (Å²) in [5, 5.41) is 14.5. The lowest BCUT2D eigenvalue weighted by Crippen LogP contribution is -2.44. The fraction of sp³-hybridized carbons (Fsp3) is 0.400. The van der Waals surface area contributed by atoms with Crippen LogP contribution in [0.4, 0.5) is 0 Å². The molecule has 128 valence electrons. The van der Waals surface area contributed by atoms with Crippen LogP contribution in [0.3, 0.4) is 0 Å². The molecule has 1 unspecified atom stereocenters. The van der Waals surface area contributed by atoms with Crippen molar-refractivity contribution in [1.29, 1.82) is 0 Å². The Labute approximate surface area is 146 Å². The van der Waals surface area contributed by atoms with Gasteiger partial charge in [-0.2, -0.15) is 5.10 Å². The number of aliphatic hydroxyl groups is 1. The SMILES string of the molecule is OC1C[C@H]2CC[C@@H](C1)N2Cc1cnc2c(-c3ccccc3)cnn2c1. The van der Waals surface area contributed by atoms with Crippen molar-refractivity contribution in [2.45, 2.75) is 50.4 Å². The molecule has 0 amide bonds. The number of hydrogen-bond donors (Lipinski definition) is 1. The molecule has 2 aliphatic rings. The molecule has 1 N–H and O–H groups in total. The van der Waals surface area contributed by atoms with Gasteiger partial charge in [0.1, 0.15) is 0 Å². The number of benzene rings is 1. The number of nitrogens with zero attached hydrogens (tertiary/aromatic N) is 4. The Kier molecular flexibility index (Phi) is 3.57. The summed E-state index contributed by atoms with van der Waals surface area (Å²) in [7, 11) is 0. The van der Waals surface area contributed by atoms with E-state index in [0.717, 1.165) is 36.2 Å². The second-order valence-electron chi connectivity index (χ2n) is 7.34. The number of hydrogen-bond acceptors (Lipinski definition) is 4. The summed E-state index contributed by atoms with van der Waals surface area (Å²) in [5.74, 6) is 0. The summed E-state index contributed by atoms with van der Waals surface area (Å²) in [5.41, 5.74) is 4.28. The zero-order valence-corrected chi connectivity index (χ0v) is 14.1. The van der Waals surface area contributed by atoms with Gasteiger partial charge in [0, 0.05) is 42.1 Å². The van der Waals surface area contributed by atoms with Crippen LogP contribution >= 0.6 is 0 Å². The van der Waals surface area contributed by atoms with Gasteiger partial charge in [0.25, 0.3) is 0 Å². The molecule has 2 bridgehead atoms. The summed E-state index contributed by atoms with van der Waals surface area (Å²) in [6, 6.07) is 11.3. The van der Waals surface area contributed by atoms with Gasteiger partial charge in [-0.1, -0.05) is 30.3 Å². The zero-order chi connectivity index (χ0) is 16.8. The summed E-state index contributed by atoms with van der Waals surface area (Å²) < 4.78 is 1.89. The lowest BCUT2D eigenvalue weighted by atomic mass is 9.99. The molecule has 4 heterocycles. The van der Waals surface area contributed by atoms with Crippen LogP contribution in [-0.4, -0.2) is 42.8 Å². The third kappa shape index (κ3) is 2.64. The molecule has 0 aliphatic carbocycles. The van der Waals surface area contributed by atoms with Gasteiger partial charge < -0.3 is 5.11 Å². The first-order valence-corrected chi connectivity index (χ1v) is 9.09. The second kappa shape index (κ2) is 5.93. The molecule has 25 heavy (non-hydrogen) atoms. The monoisotopic (exact) mass is 334 g/mol. The molecule has 0 spiro atoms. The maximum atomic E-state index is 9.97. The second-order valence-corrected chi connectivity index (χ2v) is 7.34. The van der Waals surface area contributed by atoms with E-state index in [2.05, 4.69) is 28.3 Å². The van der Waals surface area contributed by atoms with Crippen molar-refractivity contribution in [2.24, 2.45) is 0 Å². The van der Waals surface area contributed by atoms with Crippen LogP contribution in [0.25, 0.3) is 16.8 Å². The summed E-state index contributed by atoms with van der Waals surface area (Å²) in [6.45, 7) is 0.894. The Hall–Kier alpha value is -2.24. The van der Waals surface area contributed by atoms with E-state index in [0.29, 0.717) is 12.1 Å². The van der Waals surface area contributed by atoms with E-state index in [9.17, 15) is 5.11 Å². The normalized spacial score (nSPS) is 26.4. The van der Waals surface area contributed by atoms with Crippen molar-refractivity contribution in [1.82, 2.24) is 19.5 Å². The largest absolute Gasteiger partial charge is 0.393 e. The lowest BCUT2D eigenvalue weighted by molar-refractivity contribution is 0.0309. The minimum Gasteiger partial charge on any atom is -0.393 e. The fourth-order valence-corrected chi connectivity index (χ4v) is 4.53. The van der Waals surface area contributed by atoms with Crippen LogP contribution in [0.5, 0.6) is 0 Å². The molecule has 2 fully saturated rings. The van der Waals surface area contributed by atoms with Gasteiger partial charge in [0.15, 0.2) is 5.65 Å². The first kappa shape index (κ1) is 15.0. The molecule has 3 aromatic rings. The van der Waals surface area contributed by atoms with Crippen LogP contribution < -0.4 is 0 Å². The van der Waals surface area contributed by atoms with E-state index in [1.165, 1.54) is 18.4 Å². The van der Waals surface area contributed by atoms with E-state index in [1.807, 2.05) is 35.1 Å². The van der Waals surface area contributed by atoms with Gasteiger partial charge >= 0.3 is 0 Å². The predicted molar refractivity (Wildman–Crippen MR) is 96.0 cm³/mol. The molecule has 0 saturated carbocycles. The predicted octanol–water partition coefficient (Wildman–Crippen LogP) is 2.88. The Balaban J connectivity index is 1.43. The quantitative estimate of drug-likeness (QED) is 0.800. The highest BCUT2D eigenvalue weighted by molar-refractivity contribution is 5.76. The molecule has 0 radical (unpaired) electrons. The summed E-state index contributed by atoms with van der Waals surface area (Å²) >= 11 is 0. The highest BCUT2D eigenvalue weighted by Crippen LogP contribution is 2.36. The first-order chi connectivity index (χ1) is 12.3. The van der Waals surface area contributed by atoms with Crippen LogP contribution in [0.1, 0.15) is 31.2 Å². The van der Waals surface area contributed by atoms with E-state index >= 15 is 0 Å². The highest BCUT2D eigenvalue weighted by Gasteiger charge is 2.39. The number of aromatic nitrogens is 3. The van der Waals surface area contributed by atoms with E-state index in [1.54, 1.807) is 0 Å². The Morgan fingerprint density at radius 2 is 1.80 bits per heavy atom. The smallest absolute Gasteiger partial charge is 0.162 e. The molecule has 3 atom stereocenters. The molecule has 5 heteroatoms. The van der Waals surface area contributed by atoms with Crippen molar-refractivity contribution >= 4 is 5.65 Å². The summed E-state index contributed by atoms with van der Waals surface area (Å²) in [6.07, 6.45) is 10.1.